The van der Waals surface area contributed by atoms with Crippen LogP contribution in [-0.2, 0) is 4.74 Å². The van der Waals surface area contributed by atoms with Gasteiger partial charge in [-0.2, -0.15) is 0 Å². The lowest BCUT2D eigenvalue weighted by Gasteiger charge is -2.22. The first-order valence-electron chi connectivity index (χ1n) is 6.16. The average molecular weight is 324 g/mol. The van der Waals surface area contributed by atoms with E-state index in [1.807, 2.05) is 22.9 Å². The Morgan fingerprint density at radius 2 is 2.26 bits per heavy atom. The van der Waals surface area contributed by atoms with Crippen LogP contribution in [-0.4, -0.2) is 33.4 Å². The fourth-order valence-electron chi connectivity index (χ4n) is 2.29. The smallest absolute Gasteiger partial charge is 0.182 e. The van der Waals surface area contributed by atoms with E-state index >= 15 is 0 Å². The number of benzene rings is 1. The van der Waals surface area contributed by atoms with Crippen molar-refractivity contribution < 1.29 is 4.74 Å². The van der Waals surface area contributed by atoms with Gasteiger partial charge in [-0.3, -0.25) is 0 Å². The molecule has 0 aliphatic carbocycles. The van der Waals surface area contributed by atoms with Crippen molar-refractivity contribution in [3.8, 4) is 11.4 Å². The molecule has 3 rings (SSSR count). The van der Waals surface area contributed by atoms with Gasteiger partial charge in [-0.05, 0) is 41.5 Å². The van der Waals surface area contributed by atoms with Crippen LogP contribution in [0.4, 0.5) is 5.69 Å². The Kier molecular flexibility index (Phi) is 3.48. The fourth-order valence-corrected chi connectivity index (χ4v) is 2.80. The molecule has 19 heavy (non-hydrogen) atoms. The molecule has 1 aliphatic heterocycles. The molecule has 7 heteroatoms. The SMILES string of the molecule is Nc1cc(Br)cc(-c2nnnn2C2CCCOC2)c1. The number of nitrogen functional groups attached to an aromatic ring is 1. The van der Waals surface area contributed by atoms with Gasteiger partial charge in [0, 0.05) is 22.3 Å². The molecule has 0 spiro atoms. The summed E-state index contributed by atoms with van der Waals surface area (Å²) in [5.74, 6) is 0.725. The maximum Gasteiger partial charge on any atom is 0.182 e. The zero-order chi connectivity index (χ0) is 13.2. The van der Waals surface area contributed by atoms with E-state index in [1.165, 1.54) is 0 Å². The lowest BCUT2D eigenvalue weighted by atomic mass is 10.1. The molecule has 0 radical (unpaired) electrons. The predicted molar refractivity (Wildman–Crippen MR) is 74.5 cm³/mol. The van der Waals surface area contributed by atoms with E-state index in [4.69, 9.17) is 10.5 Å². The molecule has 1 fully saturated rings. The third-order valence-electron chi connectivity index (χ3n) is 3.15. The van der Waals surface area contributed by atoms with E-state index < -0.39 is 0 Å². The molecule has 100 valence electrons. The van der Waals surface area contributed by atoms with Gasteiger partial charge in [0.2, 0.25) is 0 Å². The van der Waals surface area contributed by atoms with Crippen molar-refractivity contribution in [2.45, 2.75) is 18.9 Å². The molecule has 1 aromatic carbocycles. The molecule has 1 unspecified atom stereocenters. The summed E-state index contributed by atoms with van der Waals surface area (Å²) in [6.07, 6.45) is 2.06. The zero-order valence-electron chi connectivity index (χ0n) is 10.3. The second-order valence-corrected chi connectivity index (χ2v) is 5.51. The van der Waals surface area contributed by atoms with Gasteiger partial charge in [-0.25, -0.2) is 4.68 Å². The molecule has 2 N–H and O–H groups in total. The second kappa shape index (κ2) is 5.26. The summed E-state index contributed by atoms with van der Waals surface area (Å²) >= 11 is 3.44. The van der Waals surface area contributed by atoms with Gasteiger partial charge in [0.25, 0.3) is 0 Å². The number of nitrogens with zero attached hydrogens (tertiary/aromatic N) is 4. The van der Waals surface area contributed by atoms with Crippen LogP contribution >= 0.6 is 15.9 Å². The highest BCUT2D eigenvalue weighted by atomic mass is 79.9. The second-order valence-electron chi connectivity index (χ2n) is 4.59. The molecule has 2 aromatic rings. The van der Waals surface area contributed by atoms with E-state index in [-0.39, 0.29) is 6.04 Å². The van der Waals surface area contributed by atoms with Crippen molar-refractivity contribution in [3.63, 3.8) is 0 Å². The summed E-state index contributed by atoms with van der Waals surface area (Å²) in [4.78, 5) is 0. The minimum Gasteiger partial charge on any atom is -0.399 e. The topological polar surface area (TPSA) is 78.9 Å². The highest BCUT2D eigenvalue weighted by Gasteiger charge is 2.21. The number of rotatable bonds is 2. The Bertz CT molecular complexity index is 559. The van der Waals surface area contributed by atoms with E-state index in [0.717, 1.165) is 35.3 Å². The Hall–Kier alpha value is -1.47. The normalized spacial score (nSPS) is 19.5. The first-order chi connectivity index (χ1) is 9.24. The lowest BCUT2D eigenvalue weighted by molar-refractivity contribution is 0.0548. The van der Waals surface area contributed by atoms with Crippen molar-refractivity contribution in [1.29, 1.82) is 0 Å². The van der Waals surface area contributed by atoms with Gasteiger partial charge >= 0.3 is 0 Å². The van der Waals surface area contributed by atoms with E-state index in [0.29, 0.717) is 12.3 Å². The molecule has 1 aromatic heterocycles. The Balaban J connectivity index is 1.98. The van der Waals surface area contributed by atoms with Crippen LogP contribution in [0.2, 0.25) is 0 Å². The minimum absolute atomic E-state index is 0.193. The molecule has 0 bridgehead atoms. The van der Waals surface area contributed by atoms with E-state index in [1.54, 1.807) is 0 Å². The first-order valence-corrected chi connectivity index (χ1v) is 6.95. The van der Waals surface area contributed by atoms with Crippen molar-refractivity contribution in [2.24, 2.45) is 0 Å². The summed E-state index contributed by atoms with van der Waals surface area (Å²) < 4.78 is 8.24. The van der Waals surface area contributed by atoms with Crippen molar-refractivity contribution in [2.75, 3.05) is 18.9 Å². The quantitative estimate of drug-likeness (QED) is 0.855. The standard InChI is InChI=1S/C12H14BrN5O/c13-9-4-8(5-10(14)6-9)12-15-16-17-18(12)11-2-1-3-19-7-11/h4-6,11H,1-3,7,14H2. The van der Waals surface area contributed by atoms with Crippen LogP contribution < -0.4 is 5.73 Å². The molecule has 1 saturated heterocycles. The van der Waals surface area contributed by atoms with Crippen LogP contribution in [0.15, 0.2) is 22.7 Å². The van der Waals surface area contributed by atoms with Crippen LogP contribution in [0.1, 0.15) is 18.9 Å². The molecular formula is C12H14BrN5O. The van der Waals surface area contributed by atoms with Crippen LogP contribution in [0.5, 0.6) is 0 Å². The van der Waals surface area contributed by atoms with Crippen LogP contribution in [0.25, 0.3) is 11.4 Å². The van der Waals surface area contributed by atoms with Crippen molar-refractivity contribution >= 4 is 21.6 Å². The third kappa shape index (κ3) is 2.62. The average Bonchev–Trinajstić information content (AvgIpc) is 2.88. The molecular weight excluding hydrogens is 310 g/mol. The Morgan fingerprint density at radius 3 is 3.00 bits per heavy atom. The number of tetrazole rings is 1. The number of anilines is 1. The summed E-state index contributed by atoms with van der Waals surface area (Å²) in [5.41, 5.74) is 7.45. The Morgan fingerprint density at radius 1 is 1.37 bits per heavy atom. The molecule has 0 saturated carbocycles. The van der Waals surface area contributed by atoms with Crippen molar-refractivity contribution in [1.82, 2.24) is 20.2 Å². The lowest BCUT2D eigenvalue weighted by Crippen LogP contribution is -2.23. The van der Waals surface area contributed by atoms with Gasteiger partial charge in [0.1, 0.15) is 0 Å². The largest absolute Gasteiger partial charge is 0.399 e. The summed E-state index contributed by atoms with van der Waals surface area (Å²) in [6.45, 7) is 1.47. The number of ether oxygens (including phenoxy) is 1. The summed E-state index contributed by atoms with van der Waals surface area (Å²) in [5, 5.41) is 12.0. The molecule has 1 atom stereocenters. The Labute approximate surface area is 119 Å². The first kappa shape index (κ1) is 12.6. The molecule has 0 amide bonds. The number of aromatic nitrogens is 4. The summed E-state index contributed by atoms with van der Waals surface area (Å²) in [6, 6.07) is 5.87. The molecule has 2 heterocycles. The van der Waals surface area contributed by atoms with Gasteiger partial charge in [0.05, 0.1) is 12.6 Å². The maximum absolute atomic E-state index is 5.86. The minimum atomic E-state index is 0.193. The van der Waals surface area contributed by atoms with Gasteiger partial charge < -0.3 is 10.5 Å². The van der Waals surface area contributed by atoms with Gasteiger partial charge in [0.15, 0.2) is 5.82 Å². The van der Waals surface area contributed by atoms with Crippen LogP contribution in [0.3, 0.4) is 0 Å². The molecule has 1 aliphatic rings. The number of halogens is 1. The van der Waals surface area contributed by atoms with Crippen molar-refractivity contribution in [3.05, 3.63) is 22.7 Å². The van der Waals surface area contributed by atoms with Gasteiger partial charge in [-0.15, -0.1) is 5.10 Å². The number of nitrogens with two attached hydrogens (primary N) is 1. The zero-order valence-corrected chi connectivity index (χ0v) is 11.9. The summed E-state index contributed by atoms with van der Waals surface area (Å²) in [7, 11) is 0. The van der Waals surface area contributed by atoms with E-state index in [2.05, 4.69) is 31.5 Å². The van der Waals surface area contributed by atoms with E-state index in [9.17, 15) is 0 Å². The van der Waals surface area contributed by atoms with Gasteiger partial charge in [-0.1, -0.05) is 15.9 Å². The third-order valence-corrected chi connectivity index (χ3v) is 3.61. The monoisotopic (exact) mass is 323 g/mol. The highest BCUT2D eigenvalue weighted by Crippen LogP contribution is 2.28. The highest BCUT2D eigenvalue weighted by molar-refractivity contribution is 9.10. The number of hydrogen-bond donors (Lipinski definition) is 1. The molecule has 6 nitrogen and oxygen atoms in total. The van der Waals surface area contributed by atoms with Crippen LogP contribution in [0, 0.1) is 0 Å². The maximum atomic E-state index is 5.86. The predicted octanol–water partition coefficient (Wildman–Crippen LogP) is 2.04. The fraction of sp³-hybridized carbons (Fsp3) is 0.417. The number of hydrogen-bond acceptors (Lipinski definition) is 5.